The molecule has 1 aliphatic rings. The maximum atomic E-state index is 12.3. The van der Waals surface area contributed by atoms with E-state index in [-0.39, 0.29) is 30.0 Å². The zero-order valence-electron chi connectivity index (χ0n) is 12.2. The van der Waals surface area contributed by atoms with Gasteiger partial charge in [-0.25, -0.2) is 4.68 Å². The highest BCUT2D eigenvalue weighted by atomic mass is 16.2. The molecule has 2 heterocycles. The maximum absolute atomic E-state index is 12.3. The molecule has 0 radical (unpaired) electrons. The SMILES string of the molecule is O=C(CCn1[nH]c(=O)c2ccccc2c1=O)N1CCNCC1. The van der Waals surface area contributed by atoms with Crippen LogP contribution in [0.5, 0.6) is 0 Å². The van der Waals surface area contributed by atoms with Gasteiger partial charge in [0.25, 0.3) is 11.1 Å². The molecule has 3 rings (SSSR count). The first-order valence-electron chi connectivity index (χ1n) is 7.37. The summed E-state index contributed by atoms with van der Waals surface area (Å²) >= 11 is 0. The third-order valence-electron chi connectivity index (χ3n) is 3.90. The van der Waals surface area contributed by atoms with Crippen molar-refractivity contribution in [1.29, 1.82) is 0 Å². The van der Waals surface area contributed by atoms with Crippen LogP contribution < -0.4 is 16.4 Å². The predicted molar refractivity (Wildman–Crippen MR) is 82.9 cm³/mol. The van der Waals surface area contributed by atoms with Gasteiger partial charge in [0.05, 0.1) is 17.3 Å². The van der Waals surface area contributed by atoms with Crippen LogP contribution in [0.15, 0.2) is 33.9 Å². The number of piperazine rings is 1. The number of benzene rings is 1. The number of nitrogens with zero attached hydrogens (tertiary/aromatic N) is 2. The number of hydrogen-bond acceptors (Lipinski definition) is 4. The Kier molecular flexibility index (Phi) is 4.06. The number of rotatable bonds is 3. The first-order valence-corrected chi connectivity index (χ1v) is 7.37. The number of aromatic nitrogens is 2. The van der Waals surface area contributed by atoms with Crippen molar-refractivity contribution in [2.24, 2.45) is 0 Å². The van der Waals surface area contributed by atoms with E-state index in [1.807, 2.05) is 0 Å². The molecule has 1 aromatic carbocycles. The molecule has 0 atom stereocenters. The van der Waals surface area contributed by atoms with E-state index in [2.05, 4.69) is 10.4 Å². The van der Waals surface area contributed by atoms with Crippen LogP contribution in [0, 0.1) is 0 Å². The average Bonchev–Trinajstić information content (AvgIpc) is 2.57. The van der Waals surface area contributed by atoms with E-state index in [1.54, 1.807) is 29.2 Å². The van der Waals surface area contributed by atoms with Gasteiger partial charge in [-0.05, 0) is 12.1 Å². The number of carbonyl (C=O) groups excluding carboxylic acids is 1. The number of aryl methyl sites for hydroxylation is 1. The normalized spacial score (nSPS) is 15.2. The lowest BCUT2D eigenvalue weighted by atomic mass is 10.2. The molecular weight excluding hydrogens is 284 g/mol. The van der Waals surface area contributed by atoms with Crippen molar-refractivity contribution in [2.45, 2.75) is 13.0 Å². The Bertz CT molecular complexity index is 802. The lowest BCUT2D eigenvalue weighted by molar-refractivity contribution is -0.132. The quantitative estimate of drug-likeness (QED) is 0.801. The van der Waals surface area contributed by atoms with Gasteiger partial charge in [-0.1, -0.05) is 12.1 Å². The molecule has 1 amide bonds. The molecule has 0 spiro atoms. The summed E-state index contributed by atoms with van der Waals surface area (Å²) in [4.78, 5) is 38.2. The molecule has 7 heteroatoms. The number of amides is 1. The van der Waals surface area contributed by atoms with Crippen molar-refractivity contribution in [3.8, 4) is 0 Å². The minimum Gasteiger partial charge on any atom is -0.340 e. The molecule has 0 aliphatic carbocycles. The van der Waals surface area contributed by atoms with Gasteiger partial charge in [0.2, 0.25) is 5.91 Å². The number of fused-ring (bicyclic) bond motifs is 1. The summed E-state index contributed by atoms with van der Waals surface area (Å²) in [5.74, 6) is 0.00223. The molecule has 1 saturated heterocycles. The van der Waals surface area contributed by atoms with Gasteiger partial charge >= 0.3 is 0 Å². The van der Waals surface area contributed by atoms with E-state index in [4.69, 9.17) is 0 Å². The highest BCUT2D eigenvalue weighted by Crippen LogP contribution is 2.03. The molecule has 1 aliphatic heterocycles. The van der Waals surface area contributed by atoms with Gasteiger partial charge in [-0.15, -0.1) is 0 Å². The third kappa shape index (κ3) is 2.80. The van der Waals surface area contributed by atoms with Crippen LogP contribution >= 0.6 is 0 Å². The molecule has 2 N–H and O–H groups in total. The molecule has 2 aromatic rings. The van der Waals surface area contributed by atoms with Crippen LogP contribution in [0.3, 0.4) is 0 Å². The van der Waals surface area contributed by atoms with E-state index in [0.29, 0.717) is 23.9 Å². The van der Waals surface area contributed by atoms with Crippen molar-refractivity contribution in [1.82, 2.24) is 20.0 Å². The highest BCUT2D eigenvalue weighted by Gasteiger charge is 2.16. The average molecular weight is 302 g/mol. The second kappa shape index (κ2) is 6.15. The predicted octanol–water partition coefficient (Wildman–Crippen LogP) is -0.488. The monoisotopic (exact) mass is 302 g/mol. The van der Waals surface area contributed by atoms with Gasteiger partial charge in [0.1, 0.15) is 0 Å². The van der Waals surface area contributed by atoms with E-state index < -0.39 is 0 Å². The molecule has 116 valence electrons. The number of hydrogen-bond donors (Lipinski definition) is 2. The third-order valence-corrected chi connectivity index (χ3v) is 3.90. The smallest absolute Gasteiger partial charge is 0.273 e. The molecule has 1 aromatic heterocycles. The van der Waals surface area contributed by atoms with Crippen LogP contribution in [0.1, 0.15) is 6.42 Å². The molecule has 0 saturated carbocycles. The standard InChI is InChI=1S/C15H18N4O3/c20-13(18-9-6-16-7-10-18)5-8-19-15(22)12-4-2-1-3-11(12)14(21)17-19/h1-4,16H,5-10H2,(H,17,21). The number of aromatic amines is 1. The molecule has 7 nitrogen and oxygen atoms in total. The summed E-state index contributed by atoms with van der Waals surface area (Å²) in [6, 6.07) is 6.68. The van der Waals surface area contributed by atoms with Gasteiger partial charge in [-0.2, -0.15) is 0 Å². The van der Waals surface area contributed by atoms with Crippen LogP contribution in [0.25, 0.3) is 10.8 Å². The molecule has 22 heavy (non-hydrogen) atoms. The highest BCUT2D eigenvalue weighted by molar-refractivity contribution is 5.80. The van der Waals surface area contributed by atoms with Crippen molar-refractivity contribution in [3.63, 3.8) is 0 Å². The summed E-state index contributed by atoms with van der Waals surface area (Å²) in [5, 5.41) is 6.47. The summed E-state index contributed by atoms with van der Waals surface area (Å²) in [5.41, 5.74) is -0.590. The zero-order chi connectivity index (χ0) is 15.5. The Balaban J connectivity index is 1.79. The molecular formula is C15H18N4O3. The fourth-order valence-corrected chi connectivity index (χ4v) is 2.68. The van der Waals surface area contributed by atoms with Crippen LogP contribution in [0.2, 0.25) is 0 Å². The Morgan fingerprint density at radius 1 is 1.09 bits per heavy atom. The Labute approximate surface area is 126 Å². The Hall–Kier alpha value is -2.41. The Morgan fingerprint density at radius 2 is 1.77 bits per heavy atom. The van der Waals surface area contributed by atoms with Gasteiger partial charge < -0.3 is 10.2 Å². The first kappa shape index (κ1) is 14.5. The van der Waals surface area contributed by atoms with Gasteiger partial charge in [-0.3, -0.25) is 19.5 Å². The van der Waals surface area contributed by atoms with Crippen molar-refractivity contribution in [2.75, 3.05) is 26.2 Å². The number of nitrogens with one attached hydrogen (secondary N) is 2. The molecule has 1 fully saturated rings. The minimum absolute atomic E-state index is 0.00223. The minimum atomic E-state index is -0.315. The van der Waals surface area contributed by atoms with Crippen molar-refractivity contribution >= 4 is 16.7 Å². The van der Waals surface area contributed by atoms with Crippen LogP contribution in [-0.2, 0) is 11.3 Å². The van der Waals surface area contributed by atoms with Crippen molar-refractivity contribution < 1.29 is 4.79 Å². The summed E-state index contributed by atoms with van der Waals surface area (Å²) in [6.07, 6.45) is 0.203. The van der Waals surface area contributed by atoms with Gasteiger partial charge in [0, 0.05) is 32.6 Å². The van der Waals surface area contributed by atoms with Crippen LogP contribution in [-0.4, -0.2) is 46.8 Å². The second-order valence-corrected chi connectivity index (χ2v) is 5.32. The fraction of sp³-hybridized carbons (Fsp3) is 0.400. The zero-order valence-corrected chi connectivity index (χ0v) is 12.2. The van der Waals surface area contributed by atoms with E-state index in [0.717, 1.165) is 13.1 Å². The van der Waals surface area contributed by atoms with Crippen LogP contribution in [0.4, 0.5) is 0 Å². The topological polar surface area (TPSA) is 87.2 Å². The van der Waals surface area contributed by atoms with E-state index in [9.17, 15) is 14.4 Å². The van der Waals surface area contributed by atoms with E-state index in [1.165, 1.54) is 4.68 Å². The molecule has 0 bridgehead atoms. The number of H-pyrrole nitrogens is 1. The van der Waals surface area contributed by atoms with E-state index >= 15 is 0 Å². The summed E-state index contributed by atoms with van der Waals surface area (Å²) in [7, 11) is 0. The lowest BCUT2D eigenvalue weighted by Gasteiger charge is -2.27. The maximum Gasteiger partial charge on any atom is 0.273 e. The lowest BCUT2D eigenvalue weighted by Crippen LogP contribution is -2.46. The first-order chi connectivity index (χ1) is 10.7. The summed E-state index contributed by atoms with van der Waals surface area (Å²) < 4.78 is 1.23. The fourth-order valence-electron chi connectivity index (χ4n) is 2.68. The summed E-state index contributed by atoms with van der Waals surface area (Å²) in [6.45, 7) is 3.13. The van der Waals surface area contributed by atoms with Gasteiger partial charge in [0.15, 0.2) is 0 Å². The Morgan fingerprint density at radius 3 is 2.50 bits per heavy atom. The largest absolute Gasteiger partial charge is 0.340 e. The molecule has 0 unspecified atom stereocenters. The van der Waals surface area contributed by atoms with Crippen molar-refractivity contribution in [3.05, 3.63) is 45.0 Å². The second-order valence-electron chi connectivity index (χ2n) is 5.32. The number of carbonyl (C=O) groups is 1.